The van der Waals surface area contributed by atoms with Crippen molar-refractivity contribution in [3.05, 3.63) is 107 Å². The quantitative estimate of drug-likeness (QED) is 0.389. The molecule has 1 heterocycles. The first kappa shape index (κ1) is 26.0. The molecule has 0 aromatic heterocycles. The Balaban J connectivity index is 1.39. The average molecular weight is 540 g/mol. The molecule has 40 heavy (non-hydrogen) atoms. The number of hydrogen-bond donors (Lipinski definition) is 0. The molecule has 2 aliphatic carbocycles. The molecule has 7 nitrogen and oxygen atoms in total. The first-order valence-corrected chi connectivity index (χ1v) is 13.7. The molecule has 2 bridgehead atoms. The predicted octanol–water partition coefficient (Wildman–Crippen LogP) is 5.60. The summed E-state index contributed by atoms with van der Waals surface area (Å²) in [6, 6.07) is 23.2. The molecule has 1 fully saturated rings. The van der Waals surface area contributed by atoms with Crippen molar-refractivity contribution < 1.29 is 28.5 Å². The number of hydrogen-bond acceptors (Lipinski definition) is 6. The molecule has 0 radical (unpaired) electrons. The van der Waals surface area contributed by atoms with E-state index in [1.807, 2.05) is 78.9 Å². The van der Waals surface area contributed by atoms with Crippen LogP contribution in [-0.4, -0.2) is 43.6 Å². The fourth-order valence-electron chi connectivity index (χ4n) is 6.78. The molecule has 0 N–H and O–H groups in total. The summed E-state index contributed by atoms with van der Waals surface area (Å²) in [5.74, 6) is 1.10. The molecule has 1 amide bonds. The number of ether oxygens (including phenoxy) is 4. The van der Waals surface area contributed by atoms with Crippen LogP contribution in [0, 0.1) is 5.92 Å². The SMILES string of the molecule is COC1=CC[C@@]23CCN(C(=O)OCc4ccccc4)[C@H](Cc4ccc(OC)c(OCc5ccccc5)c42)[C@H]3C1=O. The van der Waals surface area contributed by atoms with Crippen LogP contribution in [0.15, 0.2) is 84.6 Å². The van der Waals surface area contributed by atoms with Crippen molar-refractivity contribution in [2.24, 2.45) is 5.92 Å². The van der Waals surface area contributed by atoms with Crippen molar-refractivity contribution in [1.82, 2.24) is 4.90 Å². The van der Waals surface area contributed by atoms with Crippen molar-refractivity contribution in [2.45, 2.75) is 43.9 Å². The lowest BCUT2D eigenvalue weighted by Crippen LogP contribution is -2.64. The van der Waals surface area contributed by atoms with E-state index in [2.05, 4.69) is 0 Å². The van der Waals surface area contributed by atoms with E-state index in [0.29, 0.717) is 49.7 Å². The zero-order valence-electron chi connectivity index (χ0n) is 22.8. The Morgan fingerprint density at radius 1 is 0.925 bits per heavy atom. The van der Waals surface area contributed by atoms with Gasteiger partial charge in [0.2, 0.25) is 5.78 Å². The van der Waals surface area contributed by atoms with Crippen molar-refractivity contribution in [2.75, 3.05) is 20.8 Å². The average Bonchev–Trinajstić information content (AvgIpc) is 2.99. The molecule has 3 aliphatic rings. The molecule has 3 aromatic rings. The summed E-state index contributed by atoms with van der Waals surface area (Å²) in [6.07, 6.45) is 3.21. The van der Waals surface area contributed by atoms with Crippen molar-refractivity contribution in [1.29, 1.82) is 0 Å². The Bertz CT molecular complexity index is 1440. The van der Waals surface area contributed by atoms with Gasteiger partial charge in [0.15, 0.2) is 17.3 Å². The molecule has 1 saturated heterocycles. The number of piperidine rings is 1. The van der Waals surface area contributed by atoms with Crippen LogP contribution >= 0.6 is 0 Å². The largest absolute Gasteiger partial charge is 0.493 e. The van der Waals surface area contributed by atoms with Crippen LogP contribution in [0.2, 0.25) is 0 Å². The maximum Gasteiger partial charge on any atom is 0.410 e. The standard InChI is InChI=1S/C33H33NO6/c1-37-26-15-16-33-17-18-34(32(36)40-21-23-11-7-4-8-12-23)25(29(33)30(26)35)19-24-13-14-27(38-2)31(28(24)33)39-20-22-9-5-3-6-10-22/h3-15,25,29H,16-21H2,1-2H3/t25-,29+,33-/m1/s1. The minimum absolute atomic E-state index is 0.0817. The highest BCUT2D eigenvalue weighted by Crippen LogP contribution is 2.58. The summed E-state index contributed by atoms with van der Waals surface area (Å²) in [5, 5.41) is 0. The number of methoxy groups -OCH3 is 2. The van der Waals surface area contributed by atoms with E-state index in [1.54, 1.807) is 12.0 Å². The number of ketones is 1. The van der Waals surface area contributed by atoms with E-state index in [4.69, 9.17) is 18.9 Å². The number of carbonyl (C=O) groups is 2. The van der Waals surface area contributed by atoms with Crippen LogP contribution in [0.4, 0.5) is 4.79 Å². The van der Waals surface area contributed by atoms with E-state index in [9.17, 15) is 9.59 Å². The fraction of sp³-hybridized carbons (Fsp3) is 0.333. The number of nitrogens with zero attached hydrogens (tertiary/aromatic N) is 1. The fourth-order valence-corrected chi connectivity index (χ4v) is 6.78. The van der Waals surface area contributed by atoms with Crippen LogP contribution in [0.1, 0.15) is 35.1 Å². The molecule has 0 saturated carbocycles. The van der Waals surface area contributed by atoms with Gasteiger partial charge in [-0.05, 0) is 48.1 Å². The summed E-state index contributed by atoms with van der Waals surface area (Å²) in [4.78, 5) is 29.1. The van der Waals surface area contributed by atoms with Gasteiger partial charge in [-0.2, -0.15) is 0 Å². The molecule has 1 aliphatic heterocycles. The second-order valence-corrected chi connectivity index (χ2v) is 10.6. The van der Waals surface area contributed by atoms with Gasteiger partial charge in [-0.3, -0.25) is 4.79 Å². The number of allylic oxidation sites excluding steroid dienone is 2. The zero-order chi connectivity index (χ0) is 27.7. The molecule has 0 spiro atoms. The van der Waals surface area contributed by atoms with Gasteiger partial charge in [0.05, 0.1) is 26.2 Å². The van der Waals surface area contributed by atoms with Crippen molar-refractivity contribution in [3.8, 4) is 11.5 Å². The summed E-state index contributed by atoms with van der Waals surface area (Å²) in [5.41, 5.74) is 3.49. The van der Waals surface area contributed by atoms with Crippen molar-refractivity contribution >= 4 is 11.9 Å². The van der Waals surface area contributed by atoms with Gasteiger partial charge in [-0.25, -0.2) is 4.79 Å². The Morgan fingerprint density at radius 3 is 2.30 bits per heavy atom. The van der Waals surface area contributed by atoms with Gasteiger partial charge >= 0.3 is 6.09 Å². The Labute approximate surface area is 234 Å². The summed E-state index contributed by atoms with van der Waals surface area (Å²) < 4.78 is 23.5. The highest BCUT2D eigenvalue weighted by Gasteiger charge is 2.60. The third-order valence-corrected chi connectivity index (χ3v) is 8.60. The van der Waals surface area contributed by atoms with Gasteiger partial charge in [-0.15, -0.1) is 0 Å². The maximum atomic E-state index is 14.0. The summed E-state index contributed by atoms with van der Waals surface area (Å²) in [6.45, 7) is 1.04. The van der Waals surface area contributed by atoms with Gasteiger partial charge in [0.25, 0.3) is 0 Å². The van der Waals surface area contributed by atoms with Crippen LogP contribution < -0.4 is 9.47 Å². The van der Waals surface area contributed by atoms with Crippen LogP contribution in [-0.2, 0) is 39.3 Å². The van der Waals surface area contributed by atoms with E-state index in [-0.39, 0.29) is 18.4 Å². The number of amides is 1. The van der Waals surface area contributed by atoms with Crippen LogP contribution in [0.3, 0.4) is 0 Å². The highest BCUT2D eigenvalue weighted by atomic mass is 16.6. The number of Topliss-reactive ketones (excluding diaryl/α,β-unsaturated/α-hetero) is 1. The number of carbonyl (C=O) groups excluding carboxylic acids is 2. The first-order valence-electron chi connectivity index (χ1n) is 13.7. The molecule has 3 aromatic carbocycles. The van der Waals surface area contributed by atoms with Crippen LogP contribution in [0.25, 0.3) is 0 Å². The Morgan fingerprint density at radius 2 is 1.62 bits per heavy atom. The number of fused-ring (bicyclic) bond motifs is 1. The van der Waals surface area contributed by atoms with Gasteiger partial charge in [-0.1, -0.05) is 66.7 Å². The second-order valence-electron chi connectivity index (χ2n) is 10.6. The van der Waals surface area contributed by atoms with E-state index in [1.165, 1.54) is 7.11 Å². The van der Waals surface area contributed by atoms with Crippen molar-refractivity contribution in [3.63, 3.8) is 0 Å². The lowest BCUT2D eigenvalue weighted by atomic mass is 9.53. The topological polar surface area (TPSA) is 74.3 Å². The normalized spacial score (nSPS) is 22.9. The maximum absolute atomic E-state index is 14.0. The van der Waals surface area contributed by atoms with E-state index in [0.717, 1.165) is 22.3 Å². The number of likely N-dealkylation sites (tertiary alicyclic amines) is 1. The number of rotatable bonds is 7. The third kappa shape index (κ3) is 4.39. The van der Waals surface area contributed by atoms with E-state index >= 15 is 0 Å². The smallest absolute Gasteiger partial charge is 0.410 e. The molecular weight excluding hydrogens is 506 g/mol. The predicted molar refractivity (Wildman–Crippen MR) is 149 cm³/mol. The molecule has 7 heteroatoms. The second kappa shape index (κ2) is 10.7. The molecule has 6 rings (SSSR count). The van der Waals surface area contributed by atoms with Crippen LogP contribution in [0.5, 0.6) is 11.5 Å². The first-order chi connectivity index (χ1) is 19.6. The minimum Gasteiger partial charge on any atom is -0.493 e. The monoisotopic (exact) mass is 539 g/mol. The van der Waals surface area contributed by atoms with Gasteiger partial charge in [0, 0.05) is 17.5 Å². The Hall–Kier alpha value is -4.26. The summed E-state index contributed by atoms with van der Waals surface area (Å²) >= 11 is 0. The van der Waals surface area contributed by atoms with Gasteiger partial charge in [0.1, 0.15) is 13.2 Å². The lowest BCUT2D eigenvalue weighted by molar-refractivity contribution is -0.131. The highest BCUT2D eigenvalue weighted by molar-refractivity contribution is 5.99. The molecule has 0 unspecified atom stereocenters. The minimum atomic E-state index is -0.547. The van der Waals surface area contributed by atoms with Gasteiger partial charge < -0.3 is 23.8 Å². The zero-order valence-corrected chi connectivity index (χ0v) is 22.8. The third-order valence-electron chi connectivity index (χ3n) is 8.60. The summed E-state index contributed by atoms with van der Waals surface area (Å²) in [7, 11) is 3.16. The van der Waals surface area contributed by atoms with E-state index < -0.39 is 17.4 Å². The molecule has 206 valence electrons. The molecule has 3 atom stereocenters. The Kier molecular flexibility index (Phi) is 6.96. The lowest BCUT2D eigenvalue weighted by Gasteiger charge is -2.56. The molecular formula is C33H33NO6. The number of benzene rings is 3.